The van der Waals surface area contributed by atoms with Crippen LogP contribution in [-0.4, -0.2) is 83.0 Å². The fourth-order valence-electron chi connectivity index (χ4n) is 3.35. The molecule has 1 heterocycles. The van der Waals surface area contributed by atoms with E-state index in [0.717, 1.165) is 0 Å². The Bertz CT molecular complexity index is 939. The predicted molar refractivity (Wildman–Crippen MR) is 111 cm³/mol. The van der Waals surface area contributed by atoms with Crippen molar-refractivity contribution in [2.24, 2.45) is 0 Å². The molecule has 0 amide bonds. The van der Waals surface area contributed by atoms with Crippen LogP contribution in [0.4, 0.5) is 0 Å². The van der Waals surface area contributed by atoms with Crippen molar-refractivity contribution >= 4 is 5.97 Å². The smallest absolute Gasteiger partial charge is 0.346 e. The van der Waals surface area contributed by atoms with Gasteiger partial charge < -0.3 is 49.2 Å². The van der Waals surface area contributed by atoms with Crippen molar-refractivity contribution in [3.63, 3.8) is 0 Å². The lowest BCUT2D eigenvalue weighted by Gasteiger charge is -2.39. The molecule has 5 atom stereocenters. The summed E-state index contributed by atoms with van der Waals surface area (Å²) in [5.74, 6) is -0.346. The second-order valence-corrected chi connectivity index (χ2v) is 7.22. The van der Waals surface area contributed by atoms with Crippen molar-refractivity contribution in [3.05, 3.63) is 47.5 Å². The van der Waals surface area contributed by atoms with E-state index in [1.807, 2.05) is 0 Å². The maximum absolute atomic E-state index is 12.7. The molecule has 1 saturated heterocycles. The van der Waals surface area contributed by atoms with Crippen LogP contribution in [0.1, 0.15) is 15.9 Å². The van der Waals surface area contributed by atoms with E-state index in [-0.39, 0.29) is 40.7 Å². The van der Waals surface area contributed by atoms with E-state index in [4.69, 9.17) is 23.7 Å². The third kappa shape index (κ3) is 5.29. The first-order chi connectivity index (χ1) is 15.8. The number of carbonyl (C=O) groups excluding carboxylic acids is 1. The molecular formula is C22H26O11. The first-order valence-corrected chi connectivity index (χ1v) is 9.97. The molecular weight excluding hydrogens is 440 g/mol. The molecule has 33 heavy (non-hydrogen) atoms. The summed E-state index contributed by atoms with van der Waals surface area (Å²) in [7, 11) is 2.79. The monoisotopic (exact) mass is 466 g/mol. The summed E-state index contributed by atoms with van der Waals surface area (Å²) in [6.45, 7) is -0.965. The van der Waals surface area contributed by atoms with Gasteiger partial charge in [0.25, 0.3) is 0 Å². The number of carbonyl (C=O) groups is 1. The predicted octanol–water partition coefficient (Wildman–Crippen LogP) is -0.0549. The number of rotatable bonds is 8. The molecule has 2 aromatic carbocycles. The van der Waals surface area contributed by atoms with Crippen molar-refractivity contribution in [2.75, 3.05) is 20.8 Å². The van der Waals surface area contributed by atoms with Gasteiger partial charge in [0.05, 0.1) is 20.8 Å². The van der Waals surface area contributed by atoms with E-state index in [0.29, 0.717) is 0 Å². The van der Waals surface area contributed by atoms with Crippen molar-refractivity contribution < 1.29 is 54.0 Å². The number of hydrogen-bond donors (Lipinski definition) is 5. The SMILES string of the molecule is COc1cccc(OC)c1C(=O)OCc1cc(O)ccc1O[C@H]1O[C@H](CO)[C@@H](O)[C@@H](O)[C@H]1O. The van der Waals surface area contributed by atoms with Gasteiger partial charge in [-0.15, -0.1) is 0 Å². The number of hydrogen-bond acceptors (Lipinski definition) is 11. The number of phenols is 1. The van der Waals surface area contributed by atoms with Crippen molar-refractivity contribution in [1.82, 2.24) is 0 Å². The molecule has 11 heteroatoms. The summed E-state index contributed by atoms with van der Waals surface area (Å²) in [5.41, 5.74) is 0.285. The highest BCUT2D eigenvalue weighted by molar-refractivity contribution is 5.95. The summed E-state index contributed by atoms with van der Waals surface area (Å²) in [6, 6.07) is 8.72. The molecule has 0 radical (unpaired) electrons. The van der Waals surface area contributed by atoms with Crippen molar-refractivity contribution in [2.45, 2.75) is 37.3 Å². The first kappa shape index (κ1) is 24.6. The summed E-state index contributed by atoms with van der Waals surface area (Å²) in [5, 5.41) is 49.3. The summed E-state index contributed by atoms with van der Waals surface area (Å²) in [6.07, 6.45) is -7.42. The Balaban J connectivity index is 1.79. The van der Waals surface area contributed by atoms with Crippen LogP contribution < -0.4 is 14.2 Å². The van der Waals surface area contributed by atoms with E-state index < -0.39 is 43.3 Å². The molecule has 1 fully saturated rings. The third-order valence-electron chi connectivity index (χ3n) is 5.13. The molecule has 180 valence electrons. The van der Waals surface area contributed by atoms with Gasteiger partial charge in [0.1, 0.15) is 59.6 Å². The molecule has 0 saturated carbocycles. The van der Waals surface area contributed by atoms with Gasteiger partial charge in [-0.2, -0.15) is 0 Å². The van der Waals surface area contributed by atoms with Crippen LogP contribution in [0.2, 0.25) is 0 Å². The van der Waals surface area contributed by atoms with Crippen molar-refractivity contribution in [1.29, 1.82) is 0 Å². The third-order valence-corrected chi connectivity index (χ3v) is 5.13. The minimum atomic E-state index is -1.63. The average molecular weight is 466 g/mol. The topological polar surface area (TPSA) is 164 Å². The molecule has 0 aromatic heterocycles. The highest BCUT2D eigenvalue weighted by Crippen LogP contribution is 2.32. The van der Waals surface area contributed by atoms with E-state index in [9.17, 15) is 30.3 Å². The van der Waals surface area contributed by atoms with Crippen LogP contribution in [0.15, 0.2) is 36.4 Å². The number of aromatic hydroxyl groups is 1. The molecule has 11 nitrogen and oxygen atoms in total. The van der Waals surface area contributed by atoms with Crippen LogP contribution in [0, 0.1) is 0 Å². The molecule has 1 aliphatic rings. The van der Waals surface area contributed by atoms with Crippen LogP contribution in [0.25, 0.3) is 0 Å². The normalized spacial score (nSPS) is 24.7. The van der Waals surface area contributed by atoms with Gasteiger partial charge in [-0.3, -0.25) is 0 Å². The largest absolute Gasteiger partial charge is 0.508 e. The Morgan fingerprint density at radius 2 is 1.64 bits per heavy atom. The van der Waals surface area contributed by atoms with Crippen molar-refractivity contribution in [3.8, 4) is 23.0 Å². The van der Waals surface area contributed by atoms with Gasteiger partial charge in [0, 0.05) is 5.56 Å². The second-order valence-electron chi connectivity index (χ2n) is 7.22. The van der Waals surface area contributed by atoms with Gasteiger partial charge >= 0.3 is 5.97 Å². The first-order valence-electron chi connectivity index (χ1n) is 9.97. The minimum Gasteiger partial charge on any atom is -0.508 e. The second kappa shape index (κ2) is 10.7. The molecule has 0 unspecified atom stereocenters. The van der Waals surface area contributed by atoms with E-state index in [1.54, 1.807) is 18.2 Å². The summed E-state index contributed by atoms with van der Waals surface area (Å²) in [4.78, 5) is 12.7. The summed E-state index contributed by atoms with van der Waals surface area (Å²) >= 11 is 0. The van der Waals surface area contributed by atoms with Gasteiger partial charge in [-0.25, -0.2) is 4.79 Å². The Morgan fingerprint density at radius 3 is 2.24 bits per heavy atom. The van der Waals surface area contributed by atoms with Crippen LogP contribution in [0.3, 0.4) is 0 Å². The van der Waals surface area contributed by atoms with E-state index in [1.165, 1.54) is 32.4 Å². The van der Waals surface area contributed by atoms with Crippen LogP contribution in [-0.2, 0) is 16.1 Å². The Hall–Kier alpha value is -3.09. The number of esters is 1. The standard InChI is InChI=1S/C22H26O11/c1-29-14-4-3-5-15(30-2)17(14)21(28)31-10-11-8-12(24)6-7-13(11)32-22-20(27)19(26)18(25)16(9-23)33-22/h3-8,16,18-20,22-27H,9-10H2,1-2H3/t16-,18-,19-,20-,22+/m1/s1. The number of ether oxygens (including phenoxy) is 5. The minimum absolute atomic E-state index is 0.0666. The van der Waals surface area contributed by atoms with Gasteiger partial charge in [-0.1, -0.05) is 6.07 Å². The number of aliphatic hydroxyl groups is 4. The lowest BCUT2D eigenvalue weighted by Crippen LogP contribution is -2.60. The Morgan fingerprint density at radius 1 is 0.970 bits per heavy atom. The van der Waals surface area contributed by atoms with E-state index in [2.05, 4.69) is 0 Å². The Labute approximate surface area is 189 Å². The molecule has 3 rings (SSSR count). The molecule has 1 aliphatic heterocycles. The lowest BCUT2D eigenvalue weighted by molar-refractivity contribution is -0.277. The maximum atomic E-state index is 12.7. The number of aliphatic hydroxyl groups excluding tert-OH is 4. The molecule has 2 aromatic rings. The zero-order chi connectivity index (χ0) is 24.1. The zero-order valence-corrected chi connectivity index (χ0v) is 18.0. The lowest BCUT2D eigenvalue weighted by atomic mass is 9.99. The molecule has 0 spiro atoms. The highest BCUT2D eigenvalue weighted by atomic mass is 16.7. The van der Waals surface area contributed by atoms with Gasteiger partial charge in [-0.05, 0) is 30.3 Å². The fraction of sp³-hybridized carbons (Fsp3) is 0.409. The average Bonchev–Trinajstić information content (AvgIpc) is 2.83. The highest BCUT2D eigenvalue weighted by Gasteiger charge is 2.44. The quantitative estimate of drug-likeness (QED) is 0.331. The van der Waals surface area contributed by atoms with E-state index >= 15 is 0 Å². The Kier molecular flexibility index (Phi) is 7.95. The fourth-order valence-corrected chi connectivity index (χ4v) is 3.35. The van der Waals surface area contributed by atoms with Gasteiger partial charge in [0.2, 0.25) is 6.29 Å². The van der Waals surface area contributed by atoms with Gasteiger partial charge in [0.15, 0.2) is 0 Å². The van der Waals surface area contributed by atoms with Crippen LogP contribution >= 0.6 is 0 Å². The number of phenolic OH excluding ortho intramolecular Hbond substituents is 1. The summed E-state index contributed by atoms with van der Waals surface area (Å²) < 4.78 is 26.7. The zero-order valence-electron chi connectivity index (χ0n) is 18.0. The molecule has 0 bridgehead atoms. The number of methoxy groups -OCH3 is 2. The maximum Gasteiger partial charge on any atom is 0.346 e. The molecule has 0 aliphatic carbocycles. The molecule has 5 N–H and O–H groups in total. The number of benzene rings is 2. The van der Waals surface area contributed by atoms with Crippen LogP contribution in [0.5, 0.6) is 23.0 Å².